The van der Waals surface area contributed by atoms with Gasteiger partial charge < -0.3 is 9.73 Å². The Morgan fingerprint density at radius 1 is 0.966 bits per heavy atom. The number of amides is 2. The highest BCUT2D eigenvalue weighted by molar-refractivity contribution is 6.03. The summed E-state index contributed by atoms with van der Waals surface area (Å²) in [6.45, 7) is 1.71. The molecular formula is C20H16N4O5. The Balaban J connectivity index is 1.61. The van der Waals surface area contributed by atoms with Crippen LogP contribution >= 0.6 is 0 Å². The molecule has 3 aromatic rings. The number of hydrogen-bond acceptors (Lipinski definition) is 6. The summed E-state index contributed by atoms with van der Waals surface area (Å²) < 4.78 is 5.03. The minimum absolute atomic E-state index is 0.0968. The van der Waals surface area contributed by atoms with Crippen molar-refractivity contribution in [1.29, 1.82) is 0 Å². The molecule has 0 aliphatic rings. The fraction of sp³-hybridized carbons (Fsp3) is 0.0500. The molecule has 9 nitrogen and oxygen atoms in total. The molecule has 0 radical (unpaired) electrons. The van der Waals surface area contributed by atoms with Crippen LogP contribution in [-0.2, 0) is 0 Å². The molecule has 0 aliphatic heterocycles. The topological polar surface area (TPSA) is 127 Å². The third kappa shape index (κ3) is 4.92. The van der Waals surface area contributed by atoms with Gasteiger partial charge in [0.25, 0.3) is 17.5 Å². The van der Waals surface area contributed by atoms with Crippen molar-refractivity contribution < 1.29 is 18.9 Å². The van der Waals surface area contributed by atoms with Crippen LogP contribution in [0.4, 0.5) is 11.4 Å². The van der Waals surface area contributed by atoms with Crippen LogP contribution in [0, 0.1) is 10.1 Å². The standard InChI is InChI=1S/C20H16N4O5/c1-13(22-23-19(25)15-6-10-17(11-7-15)24(27)28)14-4-8-16(9-5-14)21-20(26)18-3-2-12-29-18/h2-12H,1H3,(H,21,26)(H,23,25)/b22-13+. The largest absolute Gasteiger partial charge is 0.459 e. The maximum Gasteiger partial charge on any atom is 0.291 e. The van der Waals surface area contributed by atoms with Crippen molar-refractivity contribution in [3.63, 3.8) is 0 Å². The van der Waals surface area contributed by atoms with Crippen molar-refractivity contribution in [2.45, 2.75) is 6.92 Å². The number of anilines is 1. The zero-order chi connectivity index (χ0) is 20.8. The van der Waals surface area contributed by atoms with Gasteiger partial charge >= 0.3 is 0 Å². The highest BCUT2D eigenvalue weighted by Crippen LogP contribution is 2.13. The molecule has 9 heteroatoms. The van der Waals surface area contributed by atoms with Crippen molar-refractivity contribution in [3.05, 3.63) is 93.9 Å². The highest BCUT2D eigenvalue weighted by atomic mass is 16.6. The first-order chi connectivity index (χ1) is 13.9. The van der Waals surface area contributed by atoms with Gasteiger partial charge in [-0.15, -0.1) is 0 Å². The Labute approximate surface area is 165 Å². The van der Waals surface area contributed by atoms with Gasteiger partial charge in [0.1, 0.15) is 0 Å². The van der Waals surface area contributed by atoms with E-state index in [4.69, 9.17) is 4.42 Å². The van der Waals surface area contributed by atoms with Crippen LogP contribution in [0.2, 0.25) is 0 Å². The Kier molecular flexibility index (Phi) is 5.79. The second-order valence-electron chi connectivity index (χ2n) is 5.95. The lowest BCUT2D eigenvalue weighted by Gasteiger charge is -2.06. The van der Waals surface area contributed by atoms with E-state index in [0.717, 1.165) is 5.56 Å². The molecule has 1 heterocycles. The number of furan rings is 1. The van der Waals surface area contributed by atoms with E-state index < -0.39 is 10.8 Å². The van der Waals surface area contributed by atoms with E-state index in [1.54, 1.807) is 43.3 Å². The van der Waals surface area contributed by atoms with Gasteiger partial charge in [0.15, 0.2) is 5.76 Å². The number of nitrogens with zero attached hydrogens (tertiary/aromatic N) is 2. The van der Waals surface area contributed by atoms with Crippen LogP contribution in [-0.4, -0.2) is 22.4 Å². The number of non-ortho nitro benzene ring substituents is 1. The van der Waals surface area contributed by atoms with Gasteiger partial charge in [0, 0.05) is 23.4 Å². The SMILES string of the molecule is C/C(=N\NC(=O)c1ccc([N+](=O)[O-])cc1)c1ccc(NC(=O)c2ccco2)cc1. The van der Waals surface area contributed by atoms with Crippen molar-refractivity contribution in [3.8, 4) is 0 Å². The van der Waals surface area contributed by atoms with Gasteiger partial charge in [-0.3, -0.25) is 19.7 Å². The summed E-state index contributed by atoms with van der Waals surface area (Å²) in [5.74, 6) is -0.633. The molecule has 0 atom stereocenters. The lowest BCUT2D eigenvalue weighted by atomic mass is 10.1. The molecule has 0 spiro atoms. The van der Waals surface area contributed by atoms with E-state index in [-0.39, 0.29) is 22.9 Å². The van der Waals surface area contributed by atoms with Gasteiger partial charge in [-0.1, -0.05) is 12.1 Å². The molecule has 0 aliphatic carbocycles. The zero-order valence-corrected chi connectivity index (χ0v) is 15.3. The molecular weight excluding hydrogens is 376 g/mol. The molecule has 2 amide bonds. The molecule has 0 bridgehead atoms. The molecule has 0 fully saturated rings. The number of hydrogen-bond donors (Lipinski definition) is 2. The Morgan fingerprint density at radius 2 is 1.62 bits per heavy atom. The fourth-order valence-corrected chi connectivity index (χ4v) is 2.39. The second-order valence-corrected chi connectivity index (χ2v) is 5.95. The number of benzene rings is 2. The van der Waals surface area contributed by atoms with Crippen molar-refractivity contribution in [2.24, 2.45) is 5.10 Å². The third-order valence-corrected chi connectivity index (χ3v) is 3.97. The van der Waals surface area contributed by atoms with Crippen molar-refractivity contribution in [2.75, 3.05) is 5.32 Å². The van der Waals surface area contributed by atoms with Gasteiger partial charge in [0.2, 0.25) is 0 Å². The molecule has 0 saturated carbocycles. The molecule has 2 aromatic carbocycles. The van der Waals surface area contributed by atoms with E-state index >= 15 is 0 Å². The lowest BCUT2D eigenvalue weighted by molar-refractivity contribution is -0.384. The van der Waals surface area contributed by atoms with Crippen LogP contribution in [0.25, 0.3) is 0 Å². The maximum absolute atomic E-state index is 12.1. The monoisotopic (exact) mass is 392 g/mol. The number of nitro groups is 1. The predicted molar refractivity (Wildman–Crippen MR) is 106 cm³/mol. The summed E-state index contributed by atoms with van der Waals surface area (Å²) in [4.78, 5) is 34.2. The first-order valence-corrected chi connectivity index (χ1v) is 8.48. The van der Waals surface area contributed by atoms with Crippen LogP contribution in [0.1, 0.15) is 33.4 Å². The zero-order valence-electron chi connectivity index (χ0n) is 15.3. The Hall–Kier alpha value is -4.27. The van der Waals surface area contributed by atoms with Crippen molar-refractivity contribution >= 4 is 28.9 Å². The summed E-state index contributed by atoms with van der Waals surface area (Å²) in [6, 6.07) is 15.3. The first kappa shape index (κ1) is 19.5. The lowest BCUT2D eigenvalue weighted by Crippen LogP contribution is -2.19. The number of carbonyl (C=O) groups is 2. The summed E-state index contributed by atoms with van der Waals surface area (Å²) >= 11 is 0. The second kappa shape index (κ2) is 8.61. The Bertz CT molecular complexity index is 1060. The number of carbonyl (C=O) groups excluding carboxylic acids is 2. The van der Waals surface area contributed by atoms with Crippen LogP contribution in [0.5, 0.6) is 0 Å². The summed E-state index contributed by atoms with van der Waals surface area (Å²) in [5, 5.41) is 17.4. The van der Waals surface area contributed by atoms with E-state index in [1.807, 2.05) is 0 Å². The Morgan fingerprint density at radius 3 is 2.21 bits per heavy atom. The molecule has 146 valence electrons. The van der Waals surface area contributed by atoms with Crippen LogP contribution in [0.3, 0.4) is 0 Å². The van der Waals surface area contributed by atoms with E-state index in [0.29, 0.717) is 11.4 Å². The molecule has 3 rings (SSSR count). The predicted octanol–water partition coefficient (Wildman–Crippen LogP) is 3.59. The van der Waals surface area contributed by atoms with Crippen molar-refractivity contribution in [1.82, 2.24) is 5.43 Å². The summed E-state index contributed by atoms with van der Waals surface area (Å²) in [6.07, 6.45) is 1.42. The van der Waals surface area contributed by atoms with Gasteiger partial charge in [-0.25, -0.2) is 5.43 Å². The average molecular weight is 392 g/mol. The van der Waals surface area contributed by atoms with Gasteiger partial charge in [-0.2, -0.15) is 5.10 Å². The first-order valence-electron chi connectivity index (χ1n) is 8.48. The van der Waals surface area contributed by atoms with E-state index in [2.05, 4.69) is 15.8 Å². The molecule has 1 aromatic heterocycles. The number of hydrazone groups is 1. The van der Waals surface area contributed by atoms with Crippen LogP contribution < -0.4 is 10.7 Å². The molecule has 2 N–H and O–H groups in total. The number of nitro benzene ring substituents is 1. The molecule has 29 heavy (non-hydrogen) atoms. The molecule has 0 saturated heterocycles. The number of nitrogens with one attached hydrogen (secondary N) is 2. The number of rotatable bonds is 6. The normalized spacial score (nSPS) is 11.0. The molecule has 0 unspecified atom stereocenters. The van der Waals surface area contributed by atoms with E-state index in [1.165, 1.54) is 30.5 Å². The smallest absolute Gasteiger partial charge is 0.291 e. The van der Waals surface area contributed by atoms with Crippen LogP contribution in [0.15, 0.2) is 76.4 Å². The minimum Gasteiger partial charge on any atom is -0.459 e. The quantitative estimate of drug-likeness (QED) is 0.376. The average Bonchev–Trinajstić information content (AvgIpc) is 3.27. The van der Waals surface area contributed by atoms with Gasteiger partial charge in [0.05, 0.1) is 16.9 Å². The summed E-state index contributed by atoms with van der Waals surface area (Å²) in [5.41, 5.74) is 4.43. The maximum atomic E-state index is 12.1. The summed E-state index contributed by atoms with van der Waals surface area (Å²) in [7, 11) is 0. The minimum atomic E-state index is -0.537. The highest BCUT2D eigenvalue weighted by Gasteiger charge is 2.10. The third-order valence-electron chi connectivity index (χ3n) is 3.97. The fourth-order valence-electron chi connectivity index (χ4n) is 2.39. The van der Waals surface area contributed by atoms with E-state index in [9.17, 15) is 19.7 Å². The van der Waals surface area contributed by atoms with Gasteiger partial charge in [-0.05, 0) is 48.9 Å².